The highest BCUT2D eigenvalue weighted by Crippen LogP contribution is 2.21. The standard InChI is InChI=1S/C16H23N3S/c1-10-8-11(2)18-14(5)16(10)13(4)17-7-6-15-19-12(3)9-20-15/h8-9,13,17H,6-7H2,1-5H3. The van der Waals surface area contributed by atoms with Crippen molar-refractivity contribution in [2.45, 2.75) is 47.1 Å². The molecule has 0 aliphatic heterocycles. The number of rotatable bonds is 5. The average Bonchev–Trinajstić information content (AvgIpc) is 2.73. The van der Waals surface area contributed by atoms with Crippen LogP contribution in [0, 0.1) is 27.7 Å². The minimum atomic E-state index is 0.323. The van der Waals surface area contributed by atoms with Gasteiger partial charge < -0.3 is 5.32 Å². The summed E-state index contributed by atoms with van der Waals surface area (Å²) in [4.78, 5) is 9.07. The number of pyridine rings is 1. The molecule has 0 saturated carbocycles. The fourth-order valence-corrected chi connectivity index (χ4v) is 3.48. The van der Waals surface area contributed by atoms with Crippen molar-refractivity contribution < 1.29 is 0 Å². The summed E-state index contributed by atoms with van der Waals surface area (Å²) in [6.45, 7) is 11.5. The van der Waals surface area contributed by atoms with Gasteiger partial charge in [-0.05, 0) is 51.8 Å². The summed E-state index contributed by atoms with van der Waals surface area (Å²) in [5.74, 6) is 0. The zero-order valence-electron chi connectivity index (χ0n) is 12.9. The summed E-state index contributed by atoms with van der Waals surface area (Å²) in [5, 5.41) is 6.90. The summed E-state index contributed by atoms with van der Waals surface area (Å²) in [6.07, 6.45) is 0.986. The third-order valence-electron chi connectivity index (χ3n) is 3.47. The second-order valence-electron chi connectivity index (χ2n) is 5.39. The van der Waals surface area contributed by atoms with E-state index < -0.39 is 0 Å². The number of aromatic nitrogens is 2. The van der Waals surface area contributed by atoms with Crippen LogP contribution < -0.4 is 5.32 Å². The highest BCUT2D eigenvalue weighted by Gasteiger charge is 2.12. The van der Waals surface area contributed by atoms with Crippen molar-refractivity contribution in [2.75, 3.05) is 6.54 Å². The first-order valence-corrected chi connectivity index (χ1v) is 7.94. The molecule has 20 heavy (non-hydrogen) atoms. The van der Waals surface area contributed by atoms with E-state index >= 15 is 0 Å². The lowest BCUT2D eigenvalue weighted by Crippen LogP contribution is -2.23. The van der Waals surface area contributed by atoms with Crippen LogP contribution in [0.25, 0.3) is 0 Å². The van der Waals surface area contributed by atoms with Crippen molar-refractivity contribution in [3.63, 3.8) is 0 Å². The van der Waals surface area contributed by atoms with Gasteiger partial charge in [-0.1, -0.05) is 0 Å². The van der Waals surface area contributed by atoms with Crippen molar-refractivity contribution >= 4 is 11.3 Å². The Morgan fingerprint density at radius 2 is 1.90 bits per heavy atom. The molecule has 0 aromatic carbocycles. The fraction of sp³-hybridized carbons (Fsp3) is 0.500. The zero-order valence-corrected chi connectivity index (χ0v) is 13.8. The van der Waals surface area contributed by atoms with Gasteiger partial charge in [0.2, 0.25) is 0 Å². The molecule has 2 aromatic heterocycles. The van der Waals surface area contributed by atoms with E-state index in [2.05, 4.69) is 47.5 Å². The van der Waals surface area contributed by atoms with Crippen molar-refractivity contribution in [3.8, 4) is 0 Å². The second kappa shape index (κ2) is 6.46. The van der Waals surface area contributed by atoms with Gasteiger partial charge in [0.1, 0.15) is 0 Å². The Kier molecular flexibility index (Phi) is 4.89. The maximum absolute atomic E-state index is 4.57. The molecule has 0 radical (unpaired) electrons. The normalized spacial score (nSPS) is 12.7. The predicted molar refractivity (Wildman–Crippen MR) is 85.4 cm³/mol. The Morgan fingerprint density at radius 1 is 1.15 bits per heavy atom. The third kappa shape index (κ3) is 3.64. The van der Waals surface area contributed by atoms with Gasteiger partial charge in [0.05, 0.1) is 5.01 Å². The molecule has 0 bridgehead atoms. The van der Waals surface area contributed by atoms with E-state index in [-0.39, 0.29) is 0 Å². The highest BCUT2D eigenvalue weighted by atomic mass is 32.1. The molecule has 1 atom stereocenters. The average molecular weight is 289 g/mol. The number of hydrogen-bond donors (Lipinski definition) is 1. The summed E-state index contributed by atoms with van der Waals surface area (Å²) in [7, 11) is 0. The number of nitrogens with one attached hydrogen (secondary N) is 1. The maximum Gasteiger partial charge on any atom is 0.0940 e. The van der Waals surface area contributed by atoms with E-state index in [0.29, 0.717) is 6.04 Å². The summed E-state index contributed by atoms with van der Waals surface area (Å²) < 4.78 is 0. The molecular weight excluding hydrogens is 266 g/mol. The topological polar surface area (TPSA) is 37.8 Å². The fourth-order valence-electron chi connectivity index (χ4n) is 2.70. The Bertz CT molecular complexity index is 566. The molecule has 0 spiro atoms. The predicted octanol–water partition coefficient (Wildman–Crippen LogP) is 3.67. The van der Waals surface area contributed by atoms with E-state index in [9.17, 15) is 0 Å². The van der Waals surface area contributed by atoms with Crippen molar-refractivity contribution in [1.29, 1.82) is 0 Å². The first-order valence-electron chi connectivity index (χ1n) is 7.06. The SMILES string of the molecule is Cc1csc(CCNC(C)c2c(C)cc(C)nc2C)n1. The lowest BCUT2D eigenvalue weighted by molar-refractivity contribution is 0.568. The van der Waals surface area contributed by atoms with E-state index in [1.807, 2.05) is 13.8 Å². The summed E-state index contributed by atoms with van der Waals surface area (Å²) in [6, 6.07) is 2.48. The van der Waals surface area contributed by atoms with Crippen LogP contribution in [0.3, 0.4) is 0 Å². The Morgan fingerprint density at radius 3 is 2.50 bits per heavy atom. The summed E-state index contributed by atoms with van der Waals surface area (Å²) in [5.41, 5.74) is 5.99. The van der Waals surface area contributed by atoms with E-state index in [1.165, 1.54) is 16.1 Å². The van der Waals surface area contributed by atoms with E-state index in [1.54, 1.807) is 11.3 Å². The van der Waals surface area contributed by atoms with Crippen LogP contribution in [-0.4, -0.2) is 16.5 Å². The minimum absolute atomic E-state index is 0.323. The van der Waals surface area contributed by atoms with Crippen LogP contribution >= 0.6 is 11.3 Å². The lowest BCUT2D eigenvalue weighted by Gasteiger charge is -2.19. The molecule has 2 rings (SSSR count). The monoisotopic (exact) mass is 289 g/mol. The first kappa shape index (κ1) is 15.1. The summed E-state index contributed by atoms with van der Waals surface area (Å²) >= 11 is 1.74. The van der Waals surface area contributed by atoms with Gasteiger partial charge in [0.25, 0.3) is 0 Å². The molecule has 2 aromatic rings. The van der Waals surface area contributed by atoms with Crippen molar-refractivity contribution in [2.24, 2.45) is 0 Å². The Labute approximate surface area is 125 Å². The minimum Gasteiger partial charge on any atom is -0.310 e. The van der Waals surface area contributed by atoms with Crippen LogP contribution in [0.1, 0.15) is 46.2 Å². The molecule has 3 nitrogen and oxygen atoms in total. The molecule has 2 heterocycles. The quantitative estimate of drug-likeness (QED) is 0.912. The van der Waals surface area contributed by atoms with Gasteiger partial charge in [-0.2, -0.15) is 0 Å². The van der Waals surface area contributed by atoms with Gasteiger partial charge in [0, 0.05) is 41.5 Å². The van der Waals surface area contributed by atoms with Gasteiger partial charge >= 0.3 is 0 Å². The molecule has 4 heteroatoms. The van der Waals surface area contributed by atoms with Gasteiger partial charge in [-0.15, -0.1) is 11.3 Å². The Balaban J connectivity index is 1.96. The molecule has 0 amide bonds. The lowest BCUT2D eigenvalue weighted by atomic mass is 10.0. The molecule has 1 N–H and O–H groups in total. The van der Waals surface area contributed by atoms with E-state index in [0.717, 1.165) is 30.0 Å². The van der Waals surface area contributed by atoms with Crippen LogP contribution in [-0.2, 0) is 6.42 Å². The van der Waals surface area contributed by atoms with Crippen molar-refractivity contribution in [1.82, 2.24) is 15.3 Å². The molecule has 0 saturated heterocycles. The number of thiazole rings is 1. The molecule has 0 aliphatic carbocycles. The number of hydrogen-bond acceptors (Lipinski definition) is 4. The maximum atomic E-state index is 4.57. The number of aryl methyl sites for hydroxylation is 4. The van der Waals surface area contributed by atoms with Crippen molar-refractivity contribution in [3.05, 3.63) is 44.7 Å². The van der Waals surface area contributed by atoms with Crippen LogP contribution in [0.5, 0.6) is 0 Å². The molecule has 1 unspecified atom stereocenters. The van der Waals surface area contributed by atoms with Gasteiger partial charge in [-0.25, -0.2) is 4.98 Å². The van der Waals surface area contributed by atoms with E-state index in [4.69, 9.17) is 0 Å². The highest BCUT2D eigenvalue weighted by molar-refractivity contribution is 7.09. The largest absolute Gasteiger partial charge is 0.310 e. The zero-order chi connectivity index (χ0) is 14.7. The third-order valence-corrected chi connectivity index (χ3v) is 4.50. The van der Waals surface area contributed by atoms with Gasteiger partial charge in [0.15, 0.2) is 0 Å². The Hall–Kier alpha value is -1.26. The smallest absolute Gasteiger partial charge is 0.0940 e. The second-order valence-corrected chi connectivity index (χ2v) is 6.33. The number of nitrogens with zero attached hydrogens (tertiary/aromatic N) is 2. The van der Waals surface area contributed by atoms with Gasteiger partial charge in [-0.3, -0.25) is 4.98 Å². The molecule has 0 aliphatic rings. The van der Waals surface area contributed by atoms with Crippen LogP contribution in [0.4, 0.5) is 0 Å². The van der Waals surface area contributed by atoms with Crippen LogP contribution in [0.15, 0.2) is 11.4 Å². The van der Waals surface area contributed by atoms with Crippen LogP contribution in [0.2, 0.25) is 0 Å². The molecule has 108 valence electrons. The first-order chi connectivity index (χ1) is 9.47. The molecular formula is C16H23N3S. The molecule has 0 fully saturated rings.